The van der Waals surface area contributed by atoms with Crippen LogP contribution in [0.1, 0.15) is 57.6 Å². The first-order valence-corrected chi connectivity index (χ1v) is 7.36. The van der Waals surface area contributed by atoms with Crippen LogP contribution in [0.25, 0.3) is 0 Å². The van der Waals surface area contributed by atoms with E-state index in [9.17, 15) is 13.2 Å². The molecule has 1 aromatic carbocycles. The minimum absolute atomic E-state index is 0.0969. The van der Waals surface area contributed by atoms with Crippen molar-refractivity contribution in [2.75, 3.05) is 6.54 Å². The van der Waals surface area contributed by atoms with Crippen molar-refractivity contribution >= 4 is 0 Å². The molecule has 1 unspecified atom stereocenters. The van der Waals surface area contributed by atoms with Crippen LogP contribution in [-0.4, -0.2) is 6.54 Å². The molecule has 0 heterocycles. The number of halogens is 3. The van der Waals surface area contributed by atoms with Crippen LogP contribution in [0.3, 0.4) is 0 Å². The van der Waals surface area contributed by atoms with Crippen LogP contribution in [-0.2, 0) is 0 Å². The Balaban J connectivity index is 2.38. The standard InChI is InChI=1S/C16H22F3N/c1-3-8-20-15(16(2)6-4-5-7-16)11-9-13(18)14(19)10-12(11)17/h9-10,15,20H,3-8H2,1-2H3. The molecule has 112 valence electrons. The molecular formula is C16H22F3N. The second-order valence-electron chi connectivity index (χ2n) is 6.04. The van der Waals surface area contributed by atoms with Crippen molar-refractivity contribution in [2.24, 2.45) is 5.41 Å². The van der Waals surface area contributed by atoms with Gasteiger partial charge < -0.3 is 5.32 Å². The van der Waals surface area contributed by atoms with E-state index in [4.69, 9.17) is 0 Å². The van der Waals surface area contributed by atoms with E-state index in [2.05, 4.69) is 12.2 Å². The summed E-state index contributed by atoms with van der Waals surface area (Å²) in [7, 11) is 0. The lowest BCUT2D eigenvalue weighted by Crippen LogP contribution is -2.35. The van der Waals surface area contributed by atoms with Gasteiger partial charge in [0.25, 0.3) is 0 Å². The van der Waals surface area contributed by atoms with Gasteiger partial charge in [0.2, 0.25) is 0 Å². The SMILES string of the molecule is CCCNC(c1cc(F)c(F)cc1F)C1(C)CCCC1. The highest BCUT2D eigenvalue weighted by Gasteiger charge is 2.39. The fourth-order valence-corrected chi connectivity index (χ4v) is 3.25. The molecule has 0 amide bonds. The lowest BCUT2D eigenvalue weighted by atomic mass is 9.77. The van der Waals surface area contributed by atoms with Crippen molar-refractivity contribution in [1.82, 2.24) is 5.32 Å². The normalized spacial score (nSPS) is 19.2. The molecule has 0 aliphatic heterocycles. The van der Waals surface area contributed by atoms with Crippen molar-refractivity contribution in [3.05, 3.63) is 35.1 Å². The summed E-state index contributed by atoms with van der Waals surface area (Å²) in [6, 6.07) is 1.41. The van der Waals surface area contributed by atoms with Crippen LogP contribution in [0.15, 0.2) is 12.1 Å². The highest BCUT2D eigenvalue weighted by atomic mass is 19.2. The smallest absolute Gasteiger partial charge is 0.161 e. The second kappa shape index (κ2) is 6.17. The Morgan fingerprint density at radius 2 is 1.70 bits per heavy atom. The van der Waals surface area contributed by atoms with Crippen molar-refractivity contribution in [3.63, 3.8) is 0 Å². The molecule has 1 atom stereocenters. The van der Waals surface area contributed by atoms with Gasteiger partial charge in [-0.3, -0.25) is 0 Å². The molecule has 1 fully saturated rings. The van der Waals surface area contributed by atoms with E-state index in [0.717, 1.165) is 44.7 Å². The van der Waals surface area contributed by atoms with Crippen LogP contribution in [0, 0.1) is 22.9 Å². The first-order chi connectivity index (χ1) is 9.48. The van der Waals surface area contributed by atoms with Crippen molar-refractivity contribution in [2.45, 2.75) is 52.0 Å². The molecule has 0 radical (unpaired) electrons. The predicted octanol–water partition coefficient (Wildman–Crippen LogP) is 4.72. The zero-order chi connectivity index (χ0) is 14.8. The zero-order valence-corrected chi connectivity index (χ0v) is 12.1. The Bertz CT molecular complexity index is 467. The topological polar surface area (TPSA) is 12.0 Å². The molecule has 4 heteroatoms. The van der Waals surface area contributed by atoms with Gasteiger partial charge in [0.15, 0.2) is 11.6 Å². The summed E-state index contributed by atoms with van der Waals surface area (Å²) in [6.07, 6.45) is 5.08. The van der Waals surface area contributed by atoms with Gasteiger partial charge in [0, 0.05) is 17.7 Å². The van der Waals surface area contributed by atoms with Crippen LogP contribution < -0.4 is 5.32 Å². The molecule has 20 heavy (non-hydrogen) atoms. The number of rotatable bonds is 5. The second-order valence-corrected chi connectivity index (χ2v) is 6.04. The third kappa shape index (κ3) is 3.00. The molecule has 1 aliphatic carbocycles. The Morgan fingerprint density at radius 3 is 2.30 bits per heavy atom. The van der Waals surface area contributed by atoms with E-state index in [0.29, 0.717) is 6.07 Å². The van der Waals surface area contributed by atoms with E-state index in [1.807, 2.05) is 6.92 Å². The first-order valence-electron chi connectivity index (χ1n) is 7.36. The highest BCUT2D eigenvalue weighted by molar-refractivity contribution is 5.26. The fourth-order valence-electron chi connectivity index (χ4n) is 3.25. The zero-order valence-electron chi connectivity index (χ0n) is 12.1. The maximum atomic E-state index is 14.1. The molecule has 1 aliphatic rings. The van der Waals surface area contributed by atoms with E-state index in [-0.39, 0.29) is 17.0 Å². The van der Waals surface area contributed by atoms with Gasteiger partial charge in [0.1, 0.15) is 5.82 Å². The van der Waals surface area contributed by atoms with Crippen LogP contribution >= 0.6 is 0 Å². The molecule has 1 nitrogen and oxygen atoms in total. The Morgan fingerprint density at radius 1 is 1.10 bits per heavy atom. The molecule has 1 N–H and O–H groups in total. The summed E-state index contributed by atoms with van der Waals surface area (Å²) >= 11 is 0. The van der Waals surface area contributed by atoms with Gasteiger partial charge in [-0.1, -0.05) is 26.7 Å². The summed E-state index contributed by atoms with van der Waals surface area (Å²) in [6.45, 7) is 4.87. The molecule has 0 spiro atoms. The summed E-state index contributed by atoms with van der Waals surface area (Å²) < 4.78 is 40.7. The van der Waals surface area contributed by atoms with Gasteiger partial charge in [-0.05, 0) is 37.3 Å². The maximum absolute atomic E-state index is 14.1. The van der Waals surface area contributed by atoms with Gasteiger partial charge in [-0.2, -0.15) is 0 Å². The fraction of sp³-hybridized carbons (Fsp3) is 0.625. The summed E-state index contributed by atoms with van der Waals surface area (Å²) in [5.41, 5.74) is 0.155. The van der Waals surface area contributed by atoms with E-state index >= 15 is 0 Å². The Kier molecular flexibility index (Phi) is 4.74. The van der Waals surface area contributed by atoms with Crippen LogP contribution in [0.4, 0.5) is 13.2 Å². The number of hydrogen-bond donors (Lipinski definition) is 1. The molecule has 0 bridgehead atoms. The molecule has 2 rings (SSSR count). The van der Waals surface area contributed by atoms with Gasteiger partial charge >= 0.3 is 0 Å². The van der Waals surface area contributed by atoms with Gasteiger partial charge in [-0.15, -0.1) is 0 Å². The van der Waals surface area contributed by atoms with Crippen LogP contribution in [0.5, 0.6) is 0 Å². The number of benzene rings is 1. The van der Waals surface area contributed by atoms with Gasteiger partial charge in [-0.25, -0.2) is 13.2 Å². The van der Waals surface area contributed by atoms with E-state index < -0.39 is 17.5 Å². The summed E-state index contributed by atoms with van der Waals surface area (Å²) in [4.78, 5) is 0. The van der Waals surface area contributed by atoms with Crippen molar-refractivity contribution < 1.29 is 13.2 Å². The third-order valence-electron chi connectivity index (χ3n) is 4.39. The third-order valence-corrected chi connectivity index (χ3v) is 4.39. The number of nitrogens with one attached hydrogen (secondary N) is 1. The van der Waals surface area contributed by atoms with Crippen molar-refractivity contribution in [1.29, 1.82) is 0 Å². The number of hydrogen-bond acceptors (Lipinski definition) is 1. The van der Waals surface area contributed by atoms with Gasteiger partial charge in [0.05, 0.1) is 0 Å². The molecular weight excluding hydrogens is 263 g/mol. The minimum Gasteiger partial charge on any atom is -0.309 e. The Hall–Kier alpha value is -1.03. The molecule has 0 saturated heterocycles. The quantitative estimate of drug-likeness (QED) is 0.771. The minimum atomic E-state index is -1.13. The van der Waals surface area contributed by atoms with E-state index in [1.54, 1.807) is 0 Å². The lowest BCUT2D eigenvalue weighted by molar-refractivity contribution is 0.218. The predicted molar refractivity (Wildman–Crippen MR) is 73.9 cm³/mol. The maximum Gasteiger partial charge on any atom is 0.161 e. The average Bonchev–Trinajstić information content (AvgIpc) is 2.83. The average molecular weight is 285 g/mol. The molecule has 1 aromatic rings. The van der Waals surface area contributed by atoms with Crippen LogP contribution in [0.2, 0.25) is 0 Å². The Labute approximate surface area is 118 Å². The first kappa shape index (κ1) is 15.4. The van der Waals surface area contributed by atoms with E-state index in [1.165, 1.54) is 0 Å². The van der Waals surface area contributed by atoms with Crippen molar-refractivity contribution in [3.8, 4) is 0 Å². The summed E-state index contributed by atoms with van der Waals surface area (Å²) in [5.74, 6) is -2.77. The largest absolute Gasteiger partial charge is 0.309 e. The lowest BCUT2D eigenvalue weighted by Gasteiger charge is -2.35. The highest BCUT2D eigenvalue weighted by Crippen LogP contribution is 2.47. The monoisotopic (exact) mass is 285 g/mol. The molecule has 0 aromatic heterocycles. The molecule has 1 saturated carbocycles. The summed E-state index contributed by atoms with van der Waals surface area (Å²) in [5, 5.41) is 3.33.